The van der Waals surface area contributed by atoms with Gasteiger partial charge in [-0.05, 0) is 20.3 Å². The molecule has 1 amide bonds. The van der Waals surface area contributed by atoms with Crippen LogP contribution in [0.2, 0.25) is 0 Å². The molecule has 0 saturated heterocycles. The first-order chi connectivity index (χ1) is 9.11. The van der Waals surface area contributed by atoms with Gasteiger partial charge in [-0.25, -0.2) is 4.98 Å². The van der Waals surface area contributed by atoms with Gasteiger partial charge >= 0.3 is 0 Å². The molecule has 102 valence electrons. The highest BCUT2D eigenvalue weighted by Crippen LogP contribution is 2.10. The minimum absolute atomic E-state index is 0.0921. The van der Waals surface area contributed by atoms with E-state index >= 15 is 0 Å². The summed E-state index contributed by atoms with van der Waals surface area (Å²) in [7, 11) is 0. The molecular formula is C13H18N4OS. The third-order valence-electron chi connectivity index (χ3n) is 2.88. The molecule has 0 aliphatic heterocycles. The highest BCUT2D eigenvalue weighted by molar-refractivity contribution is 7.09. The topological polar surface area (TPSA) is 59.8 Å². The maximum atomic E-state index is 12.1. The third-order valence-corrected chi connectivity index (χ3v) is 3.70. The molecule has 0 unspecified atom stereocenters. The van der Waals surface area contributed by atoms with Gasteiger partial charge in [0.05, 0.1) is 29.0 Å². The zero-order valence-electron chi connectivity index (χ0n) is 11.4. The summed E-state index contributed by atoms with van der Waals surface area (Å²) in [6.07, 6.45) is 2.63. The molecule has 0 saturated carbocycles. The van der Waals surface area contributed by atoms with Gasteiger partial charge in [0.2, 0.25) is 0 Å². The Balaban J connectivity index is 2.00. The number of amides is 1. The number of carbonyl (C=O) groups is 1. The van der Waals surface area contributed by atoms with Crippen molar-refractivity contribution in [3.8, 4) is 0 Å². The number of thiazole rings is 1. The molecule has 2 aromatic heterocycles. The molecule has 2 rings (SSSR count). The van der Waals surface area contributed by atoms with E-state index < -0.39 is 0 Å². The van der Waals surface area contributed by atoms with Crippen LogP contribution in [-0.4, -0.2) is 20.7 Å². The Morgan fingerprint density at radius 3 is 2.89 bits per heavy atom. The van der Waals surface area contributed by atoms with Crippen molar-refractivity contribution in [1.82, 2.24) is 20.1 Å². The first-order valence-electron chi connectivity index (χ1n) is 6.33. The number of aromatic nitrogens is 3. The molecule has 2 aromatic rings. The largest absolute Gasteiger partial charge is 0.346 e. The predicted molar refractivity (Wildman–Crippen MR) is 75.3 cm³/mol. The molecule has 0 aliphatic rings. The van der Waals surface area contributed by atoms with Crippen LogP contribution in [0.15, 0.2) is 11.6 Å². The van der Waals surface area contributed by atoms with E-state index in [1.807, 2.05) is 23.9 Å². The highest BCUT2D eigenvalue weighted by Gasteiger charge is 2.13. The fourth-order valence-electron chi connectivity index (χ4n) is 1.86. The van der Waals surface area contributed by atoms with Crippen molar-refractivity contribution < 1.29 is 4.79 Å². The van der Waals surface area contributed by atoms with Gasteiger partial charge in [0, 0.05) is 17.6 Å². The predicted octanol–water partition coefficient (Wildman–Crippen LogP) is 2.30. The molecule has 0 bridgehead atoms. The molecule has 0 radical (unpaired) electrons. The molecule has 5 nitrogen and oxygen atoms in total. The summed E-state index contributed by atoms with van der Waals surface area (Å²) in [5.74, 6) is -0.0921. The Morgan fingerprint density at radius 1 is 1.47 bits per heavy atom. The zero-order valence-corrected chi connectivity index (χ0v) is 12.3. The Hall–Kier alpha value is -1.69. The van der Waals surface area contributed by atoms with Crippen LogP contribution in [-0.2, 0) is 13.1 Å². The lowest BCUT2D eigenvalue weighted by Gasteiger charge is -2.04. The van der Waals surface area contributed by atoms with Crippen molar-refractivity contribution in [1.29, 1.82) is 0 Å². The Bertz CT molecular complexity index is 573. The van der Waals surface area contributed by atoms with Crippen LogP contribution in [0.25, 0.3) is 0 Å². The molecule has 0 atom stereocenters. The van der Waals surface area contributed by atoms with Crippen LogP contribution in [0.3, 0.4) is 0 Å². The van der Waals surface area contributed by atoms with Gasteiger partial charge in [0.15, 0.2) is 0 Å². The zero-order chi connectivity index (χ0) is 13.8. The van der Waals surface area contributed by atoms with E-state index in [-0.39, 0.29) is 5.91 Å². The average molecular weight is 278 g/mol. The Morgan fingerprint density at radius 2 is 2.26 bits per heavy atom. The molecule has 19 heavy (non-hydrogen) atoms. The fourth-order valence-corrected chi connectivity index (χ4v) is 2.47. The van der Waals surface area contributed by atoms with E-state index in [1.165, 1.54) is 0 Å². The van der Waals surface area contributed by atoms with Crippen molar-refractivity contribution in [2.24, 2.45) is 0 Å². The fraction of sp³-hybridized carbons (Fsp3) is 0.462. The lowest BCUT2D eigenvalue weighted by molar-refractivity contribution is 0.0949. The van der Waals surface area contributed by atoms with Gasteiger partial charge in [-0.3, -0.25) is 9.48 Å². The molecule has 0 aromatic carbocycles. The summed E-state index contributed by atoms with van der Waals surface area (Å²) >= 11 is 1.59. The molecule has 0 spiro atoms. The highest BCUT2D eigenvalue weighted by atomic mass is 32.1. The molecule has 0 fully saturated rings. The second-order valence-electron chi connectivity index (χ2n) is 4.41. The van der Waals surface area contributed by atoms with Gasteiger partial charge in [-0.2, -0.15) is 5.10 Å². The molecule has 1 N–H and O–H groups in total. The number of carbonyl (C=O) groups excluding carboxylic acids is 1. The van der Waals surface area contributed by atoms with E-state index in [2.05, 4.69) is 22.3 Å². The van der Waals surface area contributed by atoms with Crippen LogP contribution in [0.5, 0.6) is 0 Å². The smallest absolute Gasteiger partial charge is 0.255 e. The normalized spacial score (nSPS) is 10.7. The summed E-state index contributed by atoms with van der Waals surface area (Å²) in [4.78, 5) is 16.4. The molecule has 0 aliphatic carbocycles. The number of aryl methyl sites for hydroxylation is 2. The van der Waals surface area contributed by atoms with Gasteiger partial charge in [-0.1, -0.05) is 6.92 Å². The van der Waals surface area contributed by atoms with Gasteiger partial charge in [-0.15, -0.1) is 11.3 Å². The van der Waals surface area contributed by atoms with Crippen molar-refractivity contribution in [3.05, 3.63) is 33.5 Å². The second-order valence-corrected chi connectivity index (χ2v) is 5.47. The first-order valence-corrected chi connectivity index (χ1v) is 7.21. The maximum Gasteiger partial charge on any atom is 0.255 e. The summed E-state index contributed by atoms with van der Waals surface area (Å²) in [5.41, 5.74) is 2.45. The van der Waals surface area contributed by atoms with Crippen LogP contribution in [0.1, 0.15) is 40.1 Å². The van der Waals surface area contributed by atoms with Crippen LogP contribution < -0.4 is 5.32 Å². The van der Waals surface area contributed by atoms with Crippen LogP contribution >= 0.6 is 11.3 Å². The van der Waals surface area contributed by atoms with E-state index in [4.69, 9.17) is 0 Å². The van der Waals surface area contributed by atoms with E-state index in [1.54, 1.807) is 17.5 Å². The van der Waals surface area contributed by atoms with Crippen molar-refractivity contribution in [3.63, 3.8) is 0 Å². The van der Waals surface area contributed by atoms with Gasteiger partial charge in [0.25, 0.3) is 5.91 Å². The van der Waals surface area contributed by atoms with E-state index in [0.29, 0.717) is 12.1 Å². The van der Waals surface area contributed by atoms with Crippen LogP contribution in [0.4, 0.5) is 0 Å². The van der Waals surface area contributed by atoms with Gasteiger partial charge < -0.3 is 5.32 Å². The average Bonchev–Trinajstić information content (AvgIpc) is 2.95. The van der Waals surface area contributed by atoms with Crippen molar-refractivity contribution in [2.45, 2.75) is 40.3 Å². The van der Waals surface area contributed by atoms with Crippen LogP contribution in [0, 0.1) is 13.8 Å². The standard InChI is InChI=1S/C13H18N4OS/c1-4-5-17-9(2)12(7-15-17)13(18)14-6-11-8-19-10(3)16-11/h7-8H,4-6H2,1-3H3,(H,14,18). The quantitative estimate of drug-likeness (QED) is 0.913. The number of hydrogen-bond acceptors (Lipinski definition) is 4. The maximum absolute atomic E-state index is 12.1. The first kappa shape index (κ1) is 13.7. The second kappa shape index (κ2) is 5.97. The van der Waals surface area contributed by atoms with Crippen molar-refractivity contribution >= 4 is 17.2 Å². The SMILES string of the molecule is CCCn1ncc(C(=O)NCc2csc(C)n2)c1C. The number of nitrogens with zero attached hydrogens (tertiary/aromatic N) is 3. The lowest BCUT2D eigenvalue weighted by atomic mass is 10.2. The number of rotatable bonds is 5. The van der Waals surface area contributed by atoms with Crippen molar-refractivity contribution in [2.75, 3.05) is 0 Å². The number of nitrogens with one attached hydrogen (secondary N) is 1. The Labute approximate surface area is 116 Å². The summed E-state index contributed by atoms with van der Waals surface area (Å²) in [5, 5.41) is 10.1. The monoisotopic (exact) mass is 278 g/mol. The van der Waals surface area contributed by atoms with Gasteiger partial charge in [0.1, 0.15) is 0 Å². The number of hydrogen-bond donors (Lipinski definition) is 1. The summed E-state index contributed by atoms with van der Waals surface area (Å²) in [6, 6.07) is 0. The molecular weight excluding hydrogens is 260 g/mol. The molecule has 6 heteroatoms. The van der Waals surface area contributed by atoms with E-state index in [9.17, 15) is 4.79 Å². The Kier molecular flexibility index (Phi) is 4.31. The molecule has 2 heterocycles. The minimum Gasteiger partial charge on any atom is -0.346 e. The minimum atomic E-state index is -0.0921. The summed E-state index contributed by atoms with van der Waals surface area (Å²) < 4.78 is 1.86. The lowest BCUT2D eigenvalue weighted by Crippen LogP contribution is -2.23. The summed E-state index contributed by atoms with van der Waals surface area (Å²) in [6.45, 7) is 7.26. The third kappa shape index (κ3) is 3.20. The van der Waals surface area contributed by atoms with E-state index in [0.717, 1.165) is 29.4 Å².